The second kappa shape index (κ2) is 5.97. The number of hydrogen-bond donors (Lipinski definition) is 1. The Morgan fingerprint density at radius 3 is 3.10 bits per heavy atom. The summed E-state index contributed by atoms with van der Waals surface area (Å²) >= 11 is 0. The maximum absolute atomic E-state index is 9.34. The predicted molar refractivity (Wildman–Crippen MR) is 75.0 cm³/mol. The molecule has 1 fully saturated rings. The fraction of sp³-hybridized carbons (Fsp3) is 0.667. The lowest BCUT2D eigenvalue weighted by molar-refractivity contribution is 0.0913. The molecule has 0 aromatic carbocycles. The van der Waals surface area contributed by atoms with Crippen molar-refractivity contribution in [1.82, 2.24) is 9.88 Å². The molecule has 1 saturated heterocycles. The second-order valence-corrected chi connectivity index (χ2v) is 5.60. The van der Waals surface area contributed by atoms with Gasteiger partial charge in [-0.05, 0) is 44.4 Å². The van der Waals surface area contributed by atoms with E-state index >= 15 is 0 Å². The summed E-state index contributed by atoms with van der Waals surface area (Å²) in [7, 11) is 0. The Balaban J connectivity index is 1.74. The standard InChI is InChI=1S/C15H22N2O3/c1-11(17-6-2-3-12(9-17)10-18)13-4-5-14-15(16-13)20-8-7-19-14/h4-5,11-12,18H,2-3,6-10H2,1H3/t11?,12-/m0/s1. The van der Waals surface area contributed by atoms with Crippen LogP contribution in [0.5, 0.6) is 11.6 Å². The minimum Gasteiger partial charge on any atom is -0.484 e. The SMILES string of the molecule is CC(c1ccc2c(n1)OCCO2)N1CCC[C@H](CO)C1. The van der Waals surface area contributed by atoms with E-state index in [4.69, 9.17) is 9.47 Å². The van der Waals surface area contributed by atoms with Gasteiger partial charge in [-0.3, -0.25) is 4.90 Å². The number of piperidine rings is 1. The molecule has 3 heterocycles. The predicted octanol–water partition coefficient (Wildman–Crippen LogP) is 1.62. The van der Waals surface area contributed by atoms with Crippen molar-refractivity contribution in [3.05, 3.63) is 17.8 Å². The van der Waals surface area contributed by atoms with Gasteiger partial charge >= 0.3 is 0 Å². The highest BCUT2D eigenvalue weighted by atomic mass is 16.6. The van der Waals surface area contributed by atoms with E-state index in [9.17, 15) is 5.11 Å². The monoisotopic (exact) mass is 278 g/mol. The summed E-state index contributed by atoms with van der Waals surface area (Å²) in [6.07, 6.45) is 2.26. The number of likely N-dealkylation sites (tertiary alicyclic amines) is 1. The van der Waals surface area contributed by atoms with Crippen LogP contribution in [0.2, 0.25) is 0 Å². The normalized spacial score (nSPS) is 24.4. The first-order valence-corrected chi connectivity index (χ1v) is 7.39. The van der Waals surface area contributed by atoms with Crippen LogP contribution >= 0.6 is 0 Å². The largest absolute Gasteiger partial charge is 0.484 e. The summed E-state index contributed by atoms with van der Waals surface area (Å²) in [6.45, 7) is 5.60. The Kier molecular flexibility index (Phi) is 4.08. The van der Waals surface area contributed by atoms with Crippen molar-refractivity contribution in [2.24, 2.45) is 5.92 Å². The van der Waals surface area contributed by atoms with Gasteiger partial charge in [0, 0.05) is 19.2 Å². The van der Waals surface area contributed by atoms with E-state index in [0.717, 1.165) is 37.4 Å². The molecule has 0 saturated carbocycles. The molecule has 1 aromatic heterocycles. The lowest BCUT2D eigenvalue weighted by Gasteiger charge is -2.36. The van der Waals surface area contributed by atoms with E-state index in [1.165, 1.54) is 0 Å². The number of hydrogen-bond acceptors (Lipinski definition) is 5. The number of aromatic nitrogens is 1. The van der Waals surface area contributed by atoms with E-state index in [-0.39, 0.29) is 12.6 Å². The van der Waals surface area contributed by atoms with E-state index in [2.05, 4.69) is 16.8 Å². The third-order valence-electron chi connectivity index (χ3n) is 4.21. The quantitative estimate of drug-likeness (QED) is 0.910. The van der Waals surface area contributed by atoms with Crippen LogP contribution in [-0.4, -0.2) is 47.9 Å². The summed E-state index contributed by atoms with van der Waals surface area (Å²) < 4.78 is 11.1. The van der Waals surface area contributed by atoms with Gasteiger partial charge in [-0.15, -0.1) is 0 Å². The molecular weight excluding hydrogens is 256 g/mol. The van der Waals surface area contributed by atoms with Gasteiger partial charge in [0.05, 0.1) is 5.69 Å². The van der Waals surface area contributed by atoms with Gasteiger partial charge < -0.3 is 14.6 Å². The van der Waals surface area contributed by atoms with Crippen LogP contribution in [0.25, 0.3) is 0 Å². The first-order chi connectivity index (χ1) is 9.78. The first-order valence-electron chi connectivity index (χ1n) is 7.39. The summed E-state index contributed by atoms with van der Waals surface area (Å²) in [6, 6.07) is 4.20. The molecule has 1 unspecified atom stereocenters. The van der Waals surface area contributed by atoms with Crippen LogP contribution < -0.4 is 9.47 Å². The highest BCUT2D eigenvalue weighted by Crippen LogP contribution is 2.32. The minimum absolute atomic E-state index is 0.236. The van der Waals surface area contributed by atoms with Crippen LogP contribution in [-0.2, 0) is 0 Å². The lowest BCUT2D eigenvalue weighted by Crippen LogP contribution is -2.38. The summed E-state index contributed by atoms with van der Waals surface area (Å²) in [5.41, 5.74) is 1.01. The van der Waals surface area contributed by atoms with Crippen molar-refractivity contribution in [3.8, 4) is 11.6 Å². The molecular formula is C15H22N2O3. The van der Waals surface area contributed by atoms with E-state index in [0.29, 0.717) is 25.0 Å². The fourth-order valence-electron chi connectivity index (χ4n) is 2.96. The summed E-state index contributed by atoms with van der Waals surface area (Å²) in [5.74, 6) is 1.74. The average Bonchev–Trinajstić information content (AvgIpc) is 2.53. The van der Waals surface area contributed by atoms with Crippen molar-refractivity contribution in [3.63, 3.8) is 0 Å². The molecule has 110 valence electrons. The zero-order chi connectivity index (χ0) is 13.9. The molecule has 0 aliphatic carbocycles. The number of rotatable bonds is 3. The maximum atomic E-state index is 9.34. The lowest BCUT2D eigenvalue weighted by atomic mass is 9.97. The van der Waals surface area contributed by atoms with E-state index in [1.807, 2.05) is 12.1 Å². The Morgan fingerprint density at radius 1 is 1.40 bits per heavy atom. The minimum atomic E-state index is 0.236. The topological polar surface area (TPSA) is 54.8 Å². The number of aliphatic hydroxyl groups excluding tert-OH is 1. The third kappa shape index (κ3) is 2.74. The number of pyridine rings is 1. The Morgan fingerprint density at radius 2 is 2.25 bits per heavy atom. The molecule has 2 atom stereocenters. The number of nitrogens with zero attached hydrogens (tertiary/aromatic N) is 2. The molecule has 2 aliphatic rings. The Labute approximate surface area is 119 Å². The molecule has 5 nitrogen and oxygen atoms in total. The van der Waals surface area contributed by atoms with Crippen LogP contribution in [0.15, 0.2) is 12.1 Å². The zero-order valence-electron chi connectivity index (χ0n) is 11.9. The molecule has 0 bridgehead atoms. The van der Waals surface area contributed by atoms with Crippen molar-refractivity contribution in [2.45, 2.75) is 25.8 Å². The zero-order valence-corrected chi connectivity index (χ0v) is 11.9. The summed E-state index contributed by atoms with van der Waals surface area (Å²) in [4.78, 5) is 6.98. The molecule has 0 spiro atoms. The molecule has 2 aliphatic heterocycles. The van der Waals surface area contributed by atoms with Gasteiger partial charge in [0.25, 0.3) is 5.88 Å². The third-order valence-corrected chi connectivity index (χ3v) is 4.21. The van der Waals surface area contributed by atoms with Crippen LogP contribution in [0.3, 0.4) is 0 Å². The Bertz CT molecular complexity index is 466. The highest BCUT2D eigenvalue weighted by Gasteiger charge is 2.25. The molecule has 5 heteroatoms. The number of ether oxygens (including phenoxy) is 2. The van der Waals surface area contributed by atoms with Gasteiger partial charge in [-0.25, -0.2) is 4.98 Å². The highest BCUT2D eigenvalue weighted by molar-refractivity contribution is 5.36. The van der Waals surface area contributed by atoms with Gasteiger partial charge in [0.1, 0.15) is 13.2 Å². The number of aliphatic hydroxyl groups is 1. The van der Waals surface area contributed by atoms with Gasteiger partial charge in [-0.1, -0.05) is 0 Å². The summed E-state index contributed by atoms with van der Waals surface area (Å²) in [5, 5.41) is 9.34. The second-order valence-electron chi connectivity index (χ2n) is 5.60. The molecule has 0 amide bonds. The molecule has 20 heavy (non-hydrogen) atoms. The van der Waals surface area contributed by atoms with Gasteiger partial charge in [0.15, 0.2) is 5.75 Å². The molecule has 1 N–H and O–H groups in total. The molecule has 3 rings (SSSR count). The van der Waals surface area contributed by atoms with E-state index in [1.54, 1.807) is 0 Å². The van der Waals surface area contributed by atoms with E-state index < -0.39 is 0 Å². The smallest absolute Gasteiger partial charge is 0.257 e. The van der Waals surface area contributed by atoms with Crippen molar-refractivity contribution < 1.29 is 14.6 Å². The molecule has 1 aromatic rings. The van der Waals surface area contributed by atoms with Crippen molar-refractivity contribution >= 4 is 0 Å². The maximum Gasteiger partial charge on any atom is 0.257 e. The van der Waals surface area contributed by atoms with Gasteiger partial charge in [-0.2, -0.15) is 0 Å². The molecule has 0 radical (unpaired) electrons. The van der Waals surface area contributed by atoms with Crippen LogP contribution in [0, 0.1) is 5.92 Å². The Hall–Kier alpha value is -1.33. The van der Waals surface area contributed by atoms with Gasteiger partial charge in [0.2, 0.25) is 0 Å². The number of fused-ring (bicyclic) bond motifs is 1. The van der Waals surface area contributed by atoms with Crippen LogP contribution in [0.1, 0.15) is 31.5 Å². The van der Waals surface area contributed by atoms with Crippen molar-refractivity contribution in [1.29, 1.82) is 0 Å². The van der Waals surface area contributed by atoms with Crippen molar-refractivity contribution in [2.75, 3.05) is 32.9 Å². The fourth-order valence-corrected chi connectivity index (χ4v) is 2.96. The van der Waals surface area contributed by atoms with Crippen LogP contribution in [0.4, 0.5) is 0 Å². The average molecular weight is 278 g/mol. The first kappa shape index (κ1) is 13.6.